The highest BCUT2D eigenvalue weighted by molar-refractivity contribution is 7.80. The Balaban J connectivity index is 2.03. The van der Waals surface area contributed by atoms with Crippen molar-refractivity contribution in [3.8, 4) is 5.75 Å². The fraction of sp³-hybridized carbons (Fsp3) is 0.222. The van der Waals surface area contributed by atoms with Crippen molar-refractivity contribution in [2.24, 2.45) is 0 Å². The van der Waals surface area contributed by atoms with E-state index in [1.54, 1.807) is 25.1 Å². The van der Waals surface area contributed by atoms with Gasteiger partial charge in [-0.15, -0.1) is 0 Å². The van der Waals surface area contributed by atoms with Crippen molar-refractivity contribution in [3.63, 3.8) is 0 Å². The molecule has 2 aromatic carbocycles. The average Bonchev–Trinajstić information content (AvgIpc) is 2.57. The molecule has 0 bridgehead atoms. The number of carbonyl (C=O) groups excluding carboxylic acids is 1. The lowest BCUT2D eigenvalue weighted by atomic mass is 10.2. The third kappa shape index (κ3) is 4.96. The Labute approximate surface area is 147 Å². The number of benzene rings is 2. The molecule has 0 saturated carbocycles. The molecule has 0 aliphatic heterocycles. The van der Waals surface area contributed by atoms with Crippen LogP contribution in [0, 0.1) is 0 Å². The van der Waals surface area contributed by atoms with Gasteiger partial charge in [0, 0.05) is 5.69 Å². The maximum Gasteiger partial charge on any atom is 0.340 e. The first-order chi connectivity index (χ1) is 11.6. The van der Waals surface area contributed by atoms with Gasteiger partial charge in [-0.1, -0.05) is 12.1 Å². The minimum atomic E-state index is -0.385. The van der Waals surface area contributed by atoms with Crippen molar-refractivity contribution in [1.82, 2.24) is 0 Å². The first-order valence-corrected chi connectivity index (χ1v) is 8.12. The molecule has 0 unspecified atom stereocenters. The molecule has 0 atom stereocenters. The number of hydrogen-bond acceptors (Lipinski definition) is 4. The number of hydrogen-bond donors (Lipinski definition) is 2. The average molecular weight is 344 g/mol. The summed E-state index contributed by atoms with van der Waals surface area (Å²) in [6, 6.07) is 14.5. The Kier molecular flexibility index (Phi) is 6.57. The fourth-order valence-electron chi connectivity index (χ4n) is 2.06. The molecule has 126 valence electrons. The van der Waals surface area contributed by atoms with E-state index in [1.807, 2.05) is 37.3 Å². The second-order valence-corrected chi connectivity index (χ2v) is 5.21. The van der Waals surface area contributed by atoms with E-state index in [4.69, 9.17) is 21.7 Å². The normalized spacial score (nSPS) is 9.92. The zero-order chi connectivity index (χ0) is 17.4. The Bertz CT molecular complexity index is 702. The summed E-state index contributed by atoms with van der Waals surface area (Å²) in [5, 5.41) is 6.48. The van der Waals surface area contributed by atoms with Crippen LogP contribution in [0.2, 0.25) is 0 Å². The lowest BCUT2D eigenvalue weighted by Crippen LogP contribution is -2.21. The second-order valence-electron chi connectivity index (χ2n) is 4.80. The van der Waals surface area contributed by atoms with Crippen LogP contribution in [0.3, 0.4) is 0 Å². The monoisotopic (exact) mass is 344 g/mol. The lowest BCUT2D eigenvalue weighted by Gasteiger charge is -2.13. The number of esters is 1. The third-order valence-electron chi connectivity index (χ3n) is 3.09. The number of nitrogens with one attached hydrogen (secondary N) is 2. The third-order valence-corrected chi connectivity index (χ3v) is 3.30. The maximum atomic E-state index is 12.0. The number of rotatable bonds is 6. The molecule has 0 aliphatic carbocycles. The SMILES string of the molecule is CCOC(=O)c1ccccc1NC(=S)Nc1ccc(OCC)cc1. The van der Waals surface area contributed by atoms with Crippen molar-refractivity contribution < 1.29 is 14.3 Å². The first kappa shape index (κ1) is 17.7. The van der Waals surface area contributed by atoms with E-state index in [0.29, 0.717) is 29.6 Å². The summed E-state index contributed by atoms with van der Waals surface area (Å²) in [6.45, 7) is 4.65. The molecule has 2 aromatic rings. The molecule has 0 saturated heterocycles. The largest absolute Gasteiger partial charge is 0.494 e. The lowest BCUT2D eigenvalue weighted by molar-refractivity contribution is 0.0527. The second kappa shape index (κ2) is 8.88. The molecule has 0 fully saturated rings. The highest BCUT2D eigenvalue weighted by Gasteiger charge is 2.12. The van der Waals surface area contributed by atoms with Crippen LogP contribution in [0.5, 0.6) is 5.75 Å². The van der Waals surface area contributed by atoms with Crippen molar-refractivity contribution in [3.05, 3.63) is 54.1 Å². The van der Waals surface area contributed by atoms with Crippen LogP contribution in [0.4, 0.5) is 11.4 Å². The molecule has 5 nitrogen and oxygen atoms in total. The van der Waals surface area contributed by atoms with Crippen LogP contribution in [0.15, 0.2) is 48.5 Å². The zero-order valence-electron chi connectivity index (χ0n) is 13.7. The van der Waals surface area contributed by atoms with Crippen LogP contribution in [0.1, 0.15) is 24.2 Å². The number of ether oxygens (including phenoxy) is 2. The quantitative estimate of drug-likeness (QED) is 0.608. The smallest absolute Gasteiger partial charge is 0.340 e. The van der Waals surface area contributed by atoms with Gasteiger partial charge in [-0.05, 0) is 62.5 Å². The molecule has 0 spiro atoms. The molecule has 2 rings (SSSR count). The fourth-order valence-corrected chi connectivity index (χ4v) is 2.29. The van der Waals surface area contributed by atoms with Crippen molar-refractivity contribution in [2.75, 3.05) is 23.8 Å². The van der Waals surface area contributed by atoms with Crippen LogP contribution in [-0.2, 0) is 4.74 Å². The van der Waals surface area contributed by atoms with Gasteiger partial charge >= 0.3 is 5.97 Å². The molecule has 2 N–H and O–H groups in total. The van der Waals surface area contributed by atoms with Crippen LogP contribution >= 0.6 is 12.2 Å². The Morgan fingerprint density at radius 2 is 1.71 bits per heavy atom. The van der Waals surface area contributed by atoms with E-state index in [-0.39, 0.29) is 5.97 Å². The Morgan fingerprint density at radius 1 is 1.00 bits per heavy atom. The number of thiocarbonyl (C=S) groups is 1. The van der Waals surface area contributed by atoms with Crippen LogP contribution < -0.4 is 15.4 Å². The van der Waals surface area contributed by atoms with Gasteiger partial charge in [-0.2, -0.15) is 0 Å². The summed E-state index contributed by atoms with van der Waals surface area (Å²) in [7, 11) is 0. The summed E-state index contributed by atoms with van der Waals surface area (Å²) in [6.07, 6.45) is 0. The van der Waals surface area contributed by atoms with E-state index < -0.39 is 0 Å². The summed E-state index contributed by atoms with van der Waals surface area (Å²) < 4.78 is 10.4. The molecular formula is C18H20N2O3S. The van der Waals surface area contributed by atoms with Crippen molar-refractivity contribution in [1.29, 1.82) is 0 Å². The van der Waals surface area contributed by atoms with Gasteiger partial charge in [0.05, 0.1) is 24.5 Å². The summed E-state index contributed by atoms with van der Waals surface area (Å²) >= 11 is 5.31. The van der Waals surface area contributed by atoms with E-state index in [1.165, 1.54) is 0 Å². The minimum Gasteiger partial charge on any atom is -0.494 e. The van der Waals surface area contributed by atoms with Crippen molar-refractivity contribution in [2.45, 2.75) is 13.8 Å². The van der Waals surface area contributed by atoms with Gasteiger partial charge in [0.25, 0.3) is 0 Å². The molecule has 0 amide bonds. The van der Waals surface area contributed by atoms with E-state index in [0.717, 1.165) is 11.4 Å². The Hall–Kier alpha value is -2.60. The Morgan fingerprint density at radius 3 is 2.38 bits per heavy atom. The molecule has 0 heterocycles. The van der Waals surface area contributed by atoms with Gasteiger partial charge in [0.1, 0.15) is 5.75 Å². The van der Waals surface area contributed by atoms with Gasteiger partial charge in [0.2, 0.25) is 0 Å². The molecular weight excluding hydrogens is 324 g/mol. The zero-order valence-corrected chi connectivity index (χ0v) is 14.5. The highest BCUT2D eigenvalue weighted by atomic mass is 32.1. The van der Waals surface area contributed by atoms with E-state index in [9.17, 15) is 4.79 Å². The predicted molar refractivity (Wildman–Crippen MR) is 99.9 cm³/mol. The number of carbonyl (C=O) groups is 1. The maximum absolute atomic E-state index is 12.0. The summed E-state index contributed by atoms with van der Waals surface area (Å²) in [5.41, 5.74) is 1.86. The molecule has 24 heavy (non-hydrogen) atoms. The highest BCUT2D eigenvalue weighted by Crippen LogP contribution is 2.18. The first-order valence-electron chi connectivity index (χ1n) is 7.71. The number of anilines is 2. The van der Waals surface area contributed by atoms with Crippen molar-refractivity contribution >= 4 is 34.7 Å². The van der Waals surface area contributed by atoms with E-state index in [2.05, 4.69) is 10.6 Å². The molecule has 0 aromatic heterocycles. The van der Waals surface area contributed by atoms with Gasteiger partial charge in [0.15, 0.2) is 5.11 Å². The standard InChI is InChI=1S/C18H20N2O3S/c1-3-22-14-11-9-13(10-12-14)19-18(24)20-16-8-6-5-7-15(16)17(21)23-4-2/h5-12H,3-4H2,1-2H3,(H2,19,20,24). The molecule has 6 heteroatoms. The minimum absolute atomic E-state index is 0.321. The van der Waals surface area contributed by atoms with E-state index >= 15 is 0 Å². The van der Waals surface area contributed by atoms with Crippen LogP contribution in [-0.4, -0.2) is 24.3 Å². The summed E-state index contributed by atoms with van der Waals surface area (Å²) in [4.78, 5) is 12.0. The molecule has 0 aliphatic rings. The van der Waals surface area contributed by atoms with Gasteiger partial charge in [-0.3, -0.25) is 0 Å². The predicted octanol–water partition coefficient (Wildman–Crippen LogP) is 4.07. The van der Waals surface area contributed by atoms with Crippen LogP contribution in [0.25, 0.3) is 0 Å². The number of para-hydroxylation sites is 1. The molecule has 0 radical (unpaired) electrons. The van der Waals surface area contributed by atoms with Gasteiger partial charge in [-0.25, -0.2) is 4.79 Å². The van der Waals surface area contributed by atoms with Gasteiger partial charge < -0.3 is 20.1 Å². The summed E-state index contributed by atoms with van der Waals surface area (Å²) in [5.74, 6) is 0.416. The topological polar surface area (TPSA) is 59.6 Å².